The van der Waals surface area contributed by atoms with Gasteiger partial charge in [-0.3, -0.25) is 25.7 Å². The van der Waals surface area contributed by atoms with E-state index in [4.69, 9.17) is 10.8 Å². The Kier molecular flexibility index (Phi) is 8.73. The van der Waals surface area contributed by atoms with Crippen LogP contribution in [0.15, 0.2) is 29.2 Å². The summed E-state index contributed by atoms with van der Waals surface area (Å²) in [5.74, 6) is -1.14. The van der Waals surface area contributed by atoms with Crippen LogP contribution < -0.4 is 10.7 Å². The molecule has 2 heterocycles. The summed E-state index contributed by atoms with van der Waals surface area (Å²) in [5.41, 5.74) is -1.93. The van der Waals surface area contributed by atoms with Gasteiger partial charge in [-0.1, -0.05) is 17.8 Å². The lowest BCUT2D eigenvalue weighted by Gasteiger charge is -2.45. The largest absolute Gasteiger partial charge is 0.503 e. The van der Waals surface area contributed by atoms with Gasteiger partial charge in [0.25, 0.3) is 5.91 Å². The molecule has 2 aromatic rings. The molecule has 35 heavy (non-hydrogen) atoms. The summed E-state index contributed by atoms with van der Waals surface area (Å²) in [5, 5.41) is 29.6. The van der Waals surface area contributed by atoms with Crippen molar-refractivity contribution in [2.24, 2.45) is 0 Å². The number of carbonyl (C=O) groups excluding carboxylic acids is 1. The van der Waals surface area contributed by atoms with E-state index in [0.29, 0.717) is 24.4 Å². The van der Waals surface area contributed by atoms with Gasteiger partial charge in [-0.25, -0.2) is 8.78 Å². The smallest absolute Gasteiger partial charge is 0.275 e. The number of hydrogen-bond acceptors (Lipinski definition) is 8. The fourth-order valence-corrected chi connectivity index (χ4v) is 5.95. The standard InChI is InChI=1S/C23H27F2N5O3S2/c1-3-30(23(28-2)6-8-34-9-7-23)22(33)18-20(32)19(31)15(12-29-18)21(27)35-17(26)10-13-4-5-14(24)11-16(13)25/h4-5,11-12,26-28,32H,3,6-10H2,1-2H3,(H,29,31). The van der Waals surface area contributed by atoms with Crippen molar-refractivity contribution in [2.75, 3.05) is 25.1 Å². The number of benzene rings is 1. The van der Waals surface area contributed by atoms with Crippen molar-refractivity contribution in [2.45, 2.75) is 31.8 Å². The summed E-state index contributed by atoms with van der Waals surface area (Å²) < 4.78 is 26.9. The summed E-state index contributed by atoms with van der Waals surface area (Å²) in [7, 11) is 1.78. The zero-order valence-corrected chi connectivity index (χ0v) is 21.0. The highest BCUT2D eigenvalue weighted by molar-refractivity contribution is 8.26. The maximum atomic E-state index is 13.9. The minimum Gasteiger partial charge on any atom is -0.503 e. The number of carbonyl (C=O) groups is 1. The predicted octanol–water partition coefficient (Wildman–Crippen LogP) is 3.54. The summed E-state index contributed by atoms with van der Waals surface area (Å²) >= 11 is 2.40. The molecular weight excluding hydrogens is 496 g/mol. The Balaban J connectivity index is 1.79. The Hall–Kier alpha value is -2.70. The van der Waals surface area contributed by atoms with E-state index in [1.54, 1.807) is 23.7 Å². The highest BCUT2D eigenvalue weighted by atomic mass is 32.2. The van der Waals surface area contributed by atoms with E-state index in [9.17, 15) is 23.5 Å². The fraction of sp³-hybridized carbons (Fsp3) is 0.391. The Labute approximate surface area is 209 Å². The molecule has 1 saturated heterocycles. The first-order valence-electron chi connectivity index (χ1n) is 10.9. The van der Waals surface area contributed by atoms with Gasteiger partial charge in [-0.15, -0.1) is 0 Å². The third-order valence-corrected chi connectivity index (χ3v) is 7.77. The monoisotopic (exact) mass is 523 g/mol. The first-order chi connectivity index (χ1) is 16.6. The lowest BCUT2D eigenvalue weighted by Crippen LogP contribution is -2.61. The summed E-state index contributed by atoms with van der Waals surface area (Å²) in [6, 6.07) is 3.00. The molecule has 188 valence electrons. The Morgan fingerprint density at radius 2 is 2.00 bits per heavy atom. The van der Waals surface area contributed by atoms with Crippen LogP contribution in [0.5, 0.6) is 5.75 Å². The topological polar surface area (TPSA) is 133 Å². The Bertz CT molecular complexity index is 1200. The second-order valence-electron chi connectivity index (χ2n) is 7.97. The third-order valence-electron chi connectivity index (χ3n) is 5.97. The molecule has 1 aliphatic rings. The molecule has 1 aliphatic heterocycles. The van der Waals surface area contributed by atoms with Crippen LogP contribution in [-0.4, -0.2) is 61.7 Å². The second kappa shape index (κ2) is 11.4. The molecule has 0 aliphatic carbocycles. The van der Waals surface area contributed by atoms with Crippen LogP contribution in [0, 0.1) is 22.5 Å². The molecular formula is C23H27F2N5O3S2. The van der Waals surface area contributed by atoms with Crippen molar-refractivity contribution >= 4 is 39.5 Å². The normalized spacial score (nSPS) is 15.0. The third kappa shape index (κ3) is 5.76. The van der Waals surface area contributed by atoms with Gasteiger partial charge in [0.05, 0.1) is 16.3 Å². The molecule has 1 amide bonds. The lowest BCUT2D eigenvalue weighted by atomic mass is 9.99. The van der Waals surface area contributed by atoms with Crippen LogP contribution in [0.2, 0.25) is 0 Å². The van der Waals surface area contributed by atoms with Gasteiger partial charge in [-0.05, 0) is 49.9 Å². The van der Waals surface area contributed by atoms with E-state index in [2.05, 4.69) is 10.3 Å². The van der Waals surface area contributed by atoms with Crippen molar-refractivity contribution < 1.29 is 18.7 Å². The quantitative estimate of drug-likeness (QED) is 0.214. The number of aromatic nitrogens is 1. The number of amides is 1. The zero-order chi connectivity index (χ0) is 25.8. The van der Waals surface area contributed by atoms with Gasteiger partial charge in [0, 0.05) is 25.2 Å². The van der Waals surface area contributed by atoms with Crippen molar-refractivity contribution in [3.63, 3.8) is 0 Å². The van der Waals surface area contributed by atoms with Crippen LogP contribution in [-0.2, 0) is 6.42 Å². The maximum Gasteiger partial charge on any atom is 0.275 e. The first-order valence-corrected chi connectivity index (χ1v) is 12.9. The number of halogens is 2. The molecule has 1 aromatic heterocycles. The number of H-pyrrole nitrogens is 1. The van der Waals surface area contributed by atoms with Gasteiger partial charge in [0.1, 0.15) is 16.7 Å². The number of hydrogen-bond donors (Lipinski definition) is 5. The molecule has 0 radical (unpaired) electrons. The number of aromatic amines is 1. The zero-order valence-electron chi connectivity index (χ0n) is 19.3. The van der Waals surface area contributed by atoms with Crippen LogP contribution in [0.4, 0.5) is 8.78 Å². The van der Waals surface area contributed by atoms with E-state index >= 15 is 0 Å². The number of thioether (sulfide) groups is 2. The van der Waals surface area contributed by atoms with Crippen LogP contribution in [0.1, 0.15) is 41.4 Å². The van der Waals surface area contributed by atoms with Crippen molar-refractivity contribution in [1.82, 2.24) is 15.2 Å². The van der Waals surface area contributed by atoms with Gasteiger partial charge >= 0.3 is 0 Å². The van der Waals surface area contributed by atoms with Crippen molar-refractivity contribution in [1.29, 1.82) is 10.8 Å². The highest BCUT2D eigenvalue weighted by Crippen LogP contribution is 2.31. The molecule has 0 bridgehead atoms. The summed E-state index contributed by atoms with van der Waals surface area (Å²) in [6.07, 6.45) is 2.40. The summed E-state index contributed by atoms with van der Waals surface area (Å²) in [4.78, 5) is 30.4. The first kappa shape index (κ1) is 26.9. The van der Waals surface area contributed by atoms with E-state index in [1.807, 2.05) is 6.92 Å². The number of rotatable bonds is 7. The number of nitrogens with one attached hydrogen (secondary N) is 4. The van der Waals surface area contributed by atoms with E-state index in [0.717, 1.165) is 36.6 Å². The predicted molar refractivity (Wildman–Crippen MR) is 136 cm³/mol. The molecule has 5 N–H and O–H groups in total. The van der Waals surface area contributed by atoms with Crippen molar-refractivity contribution in [3.8, 4) is 5.75 Å². The van der Waals surface area contributed by atoms with Gasteiger partial charge < -0.3 is 15.0 Å². The van der Waals surface area contributed by atoms with Crippen LogP contribution >= 0.6 is 23.5 Å². The summed E-state index contributed by atoms with van der Waals surface area (Å²) in [6.45, 7) is 2.18. The molecule has 1 fully saturated rings. The molecule has 0 unspecified atom stereocenters. The molecule has 0 saturated carbocycles. The number of pyridine rings is 1. The molecule has 8 nitrogen and oxygen atoms in total. The average molecular weight is 524 g/mol. The van der Waals surface area contributed by atoms with Gasteiger partial charge in [-0.2, -0.15) is 11.8 Å². The molecule has 0 atom stereocenters. The SMILES string of the molecule is CCN(C(=O)c1[nH]cc(C(=N)SC(=N)Cc2ccc(F)cc2F)c(=O)c1O)C1(NC)CCSCC1. The van der Waals surface area contributed by atoms with Gasteiger partial charge in [0.2, 0.25) is 5.43 Å². The molecule has 12 heteroatoms. The van der Waals surface area contributed by atoms with E-state index < -0.39 is 34.4 Å². The van der Waals surface area contributed by atoms with Crippen LogP contribution in [0.25, 0.3) is 0 Å². The van der Waals surface area contributed by atoms with E-state index in [1.165, 1.54) is 6.07 Å². The minimum atomic E-state index is -0.917. The van der Waals surface area contributed by atoms with Gasteiger partial charge in [0.15, 0.2) is 11.4 Å². The second-order valence-corrected chi connectivity index (χ2v) is 10.3. The molecule has 1 aromatic carbocycles. The number of nitrogens with zero attached hydrogens (tertiary/aromatic N) is 1. The number of aromatic hydroxyl groups is 1. The Morgan fingerprint density at radius 3 is 2.60 bits per heavy atom. The fourth-order valence-electron chi connectivity index (χ4n) is 4.04. The molecule has 0 spiro atoms. The van der Waals surface area contributed by atoms with Crippen LogP contribution in [0.3, 0.4) is 0 Å². The highest BCUT2D eigenvalue weighted by Gasteiger charge is 2.40. The lowest BCUT2D eigenvalue weighted by molar-refractivity contribution is 0.0352. The Morgan fingerprint density at radius 1 is 1.31 bits per heavy atom. The maximum absolute atomic E-state index is 13.9. The minimum absolute atomic E-state index is 0.0774. The molecule has 3 rings (SSSR count). The average Bonchev–Trinajstić information content (AvgIpc) is 2.83. The van der Waals surface area contributed by atoms with E-state index in [-0.39, 0.29) is 33.3 Å². The van der Waals surface area contributed by atoms with Crippen molar-refractivity contribution in [3.05, 3.63) is 63.1 Å².